The Balaban J connectivity index is 1.72. The summed E-state index contributed by atoms with van der Waals surface area (Å²) < 4.78 is 12.8. The Labute approximate surface area is 201 Å². The van der Waals surface area contributed by atoms with Gasteiger partial charge in [0.05, 0.1) is 19.3 Å². The Morgan fingerprint density at radius 1 is 1.21 bits per heavy atom. The van der Waals surface area contributed by atoms with Crippen LogP contribution in [0.15, 0.2) is 52.4 Å². The number of amides is 1. The molecule has 0 spiro atoms. The number of nitrogens with one attached hydrogen (secondary N) is 1. The molecule has 3 aromatic rings. The van der Waals surface area contributed by atoms with Gasteiger partial charge in [-0.25, -0.2) is 0 Å². The van der Waals surface area contributed by atoms with Crippen LogP contribution in [0, 0.1) is 0 Å². The lowest BCUT2D eigenvalue weighted by Crippen LogP contribution is -2.33. The van der Waals surface area contributed by atoms with Gasteiger partial charge in [-0.1, -0.05) is 47.6 Å². The number of aromatic nitrogens is 2. The monoisotopic (exact) mass is 485 g/mol. The zero-order valence-electron chi connectivity index (χ0n) is 18.6. The molecule has 0 bridgehead atoms. The van der Waals surface area contributed by atoms with E-state index in [1.54, 1.807) is 24.8 Å². The van der Waals surface area contributed by atoms with Gasteiger partial charge < -0.3 is 19.4 Å². The van der Waals surface area contributed by atoms with Crippen molar-refractivity contribution in [2.24, 2.45) is 7.05 Å². The molecule has 1 aliphatic rings. The molecule has 4 rings (SSSR count). The van der Waals surface area contributed by atoms with Crippen molar-refractivity contribution in [3.63, 3.8) is 0 Å². The van der Waals surface area contributed by atoms with Gasteiger partial charge in [0, 0.05) is 30.2 Å². The predicted octanol–water partition coefficient (Wildman–Crippen LogP) is 4.61. The van der Waals surface area contributed by atoms with Crippen molar-refractivity contribution < 1.29 is 14.3 Å². The second-order valence-corrected chi connectivity index (χ2v) is 8.90. The second kappa shape index (κ2) is 9.89. The highest BCUT2D eigenvalue weighted by Gasteiger charge is 2.32. The average molecular weight is 486 g/mol. The van der Waals surface area contributed by atoms with Gasteiger partial charge in [-0.3, -0.25) is 9.59 Å². The number of ether oxygens (including phenoxy) is 2. The molecule has 0 aliphatic carbocycles. The van der Waals surface area contributed by atoms with E-state index in [-0.39, 0.29) is 17.9 Å². The van der Waals surface area contributed by atoms with Crippen LogP contribution in [-0.2, 0) is 17.6 Å². The van der Waals surface area contributed by atoms with E-state index < -0.39 is 5.92 Å². The normalized spacial score (nSPS) is 15.0. The van der Waals surface area contributed by atoms with Crippen LogP contribution in [0.3, 0.4) is 0 Å². The predicted molar refractivity (Wildman–Crippen MR) is 130 cm³/mol. The molecule has 1 aromatic heterocycles. The number of rotatable bonds is 7. The molecule has 1 unspecified atom stereocenters. The van der Waals surface area contributed by atoms with E-state index in [0.717, 1.165) is 11.1 Å². The summed E-state index contributed by atoms with van der Waals surface area (Å²) in [5.41, 5.74) is 1.84. The lowest BCUT2D eigenvalue weighted by Gasteiger charge is -2.28. The van der Waals surface area contributed by atoms with E-state index in [1.165, 1.54) is 11.8 Å². The van der Waals surface area contributed by atoms with Crippen LogP contribution in [-0.4, -0.2) is 29.2 Å². The summed E-state index contributed by atoms with van der Waals surface area (Å²) in [5, 5.41) is 4.03. The fourth-order valence-corrected chi connectivity index (χ4v) is 5.13. The number of hydrogen-bond acceptors (Lipinski definition) is 6. The highest BCUT2D eigenvalue weighted by atomic mass is 35.5. The average Bonchev–Trinajstić information content (AvgIpc) is 2.81. The Kier molecular flexibility index (Phi) is 6.95. The van der Waals surface area contributed by atoms with E-state index in [9.17, 15) is 9.59 Å². The molecule has 0 saturated carbocycles. The number of carbonyl (C=O) groups is 1. The Morgan fingerprint density at radius 2 is 2.00 bits per heavy atom. The zero-order chi connectivity index (χ0) is 23.5. The summed E-state index contributed by atoms with van der Waals surface area (Å²) in [6, 6.07) is 13.0. The van der Waals surface area contributed by atoms with Crippen molar-refractivity contribution in [2.45, 2.75) is 30.2 Å². The van der Waals surface area contributed by atoms with Gasteiger partial charge in [-0.15, -0.1) is 0 Å². The molecule has 0 radical (unpaired) electrons. The van der Waals surface area contributed by atoms with E-state index in [1.807, 2.05) is 43.3 Å². The molecule has 33 heavy (non-hydrogen) atoms. The van der Waals surface area contributed by atoms with Gasteiger partial charge >= 0.3 is 0 Å². The first kappa shape index (κ1) is 23.2. The first-order valence-corrected chi connectivity index (χ1v) is 11.9. The number of fused-ring (bicyclic) bond motifs is 1. The van der Waals surface area contributed by atoms with Crippen LogP contribution >= 0.6 is 23.4 Å². The van der Waals surface area contributed by atoms with E-state index in [0.29, 0.717) is 45.4 Å². The molecule has 9 heteroatoms. The summed E-state index contributed by atoms with van der Waals surface area (Å²) in [6.45, 7) is 2.40. The molecule has 0 saturated heterocycles. The highest BCUT2D eigenvalue weighted by Crippen LogP contribution is 2.39. The molecular weight excluding hydrogens is 462 g/mol. The minimum atomic E-state index is -0.438. The number of thioether (sulfide) groups is 1. The van der Waals surface area contributed by atoms with Gasteiger partial charge in [0.1, 0.15) is 5.82 Å². The number of halogens is 1. The number of benzene rings is 2. The van der Waals surface area contributed by atoms with Gasteiger partial charge in [-0.2, -0.15) is 4.98 Å². The standard InChI is InChI=1S/C24H24ClN3O4S/c1-4-32-18-10-9-14(11-19(18)31-3)16-12-20(29)26-22-21(16)23(30)27-24(28(22)2)33-13-15-7-5-6-8-17(15)25/h5-11,16H,4,12-13H2,1-3H3,(H,26,29). The number of anilines is 1. The molecule has 2 aromatic carbocycles. The van der Waals surface area contributed by atoms with Gasteiger partial charge in [0.15, 0.2) is 16.7 Å². The third-order valence-corrected chi connectivity index (χ3v) is 6.95. The maximum atomic E-state index is 13.2. The Hall–Kier alpha value is -2.97. The minimum absolute atomic E-state index is 0.146. The lowest BCUT2D eigenvalue weighted by molar-refractivity contribution is -0.116. The first-order valence-electron chi connectivity index (χ1n) is 10.5. The molecule has 7 nitrogen and oxygen atoms in total. The van der Waals surface area contributed by atoms with Crippen molar-refractivity contribution in [3.8, 4) is 11.5 Å². The maximum Gasteiger partial charge on any atom is 0.279 e. The Bertz CT molecular complexity index is 1260. The number of hydrogen-bond donors (Lipinski definition) is 1. The number of carbonyl (C=O) groups excluding carboxylic acids is 1. The van der Waals surface area contributed by atoms with Crippen molar-refractivity contribution in [1.29, 1.82) is 0 Å². The SMILES string of the molecule is CCOc1ccc(C2CC(=O)Nc3c2c(=O)nc(SCc2ccccc2Cl)n3C)cc1OC. The van der Waals surface area contributed by atoms with Crippen LogP contribution in [0.1, 0.15) is 36.0 Å². The molecule has 0 fully saturated rings. The number of nitrogens with zero attached hydrogens (tertiary/aromatic N) is 2. The zero-order valence-corrected chi connectivity index (χ0v) is 20.1. The third-order valence-electron chi connectivity index (χ3n) is 5.51. The highest BCUT2D eigenvalue weighted by molar-refractivity contribution is 7.98. The van der Waals surface area contributed by atoms with E-state index in [2.05, 4.69) is 10.3 Å². The quantitative estimate of drug-likeness (QED) is 0.389. The van der Waals surface area contributed by atoms with Crippen LogP contribution in [0.4, 0.5) is 5.82 Å². The summed E-state index contributed by atoms with van der Waals surface area (Å²) >= 11 is 7.65. The molecule has 1 aliphatic heterocycles. The molecular formula is C24H24ClN3O4S. The van der Waals surface area contributed by atoms with E-state index >= 15 is 0 Å². The largest absolute Gasteiger partial charge is 0.493 e. The van der Waals surface area contributed by atoms with Crippen molar-refractivity contribution in [1.82, 2.24) is 9.55 Å². The van der Waals surface area contributed by atoms with Crippen LogP contribution in [0.2, 0.25) is 5.02 Å². The molecule has 1 N–H and O–H groups in total. The molecule has 172 valence electrons. The molecule has 2 heterocycles. The van der Waals surface area contributed by atoms with Crippen molar-refractivity contribution >= 4 is 35.1 Å². The van der Waals surface area contributed by atoms with Crippen LogP contribution < -0.4 is 20.3 Å². The molecule has 1 atom stereocenters. The second-order valence-electron chi connectivity index (χ2n) is 7.55. The topological polar surface area (TPSA) is 82.5 Å². The van der Waals surface area contributed by atoms with Crippen molar-refractivity contribution in [3.05, 3.63) is 74.5 Å². The summed E-state index contributed by atoms with van der Waals surface area (Å²) in [5.74, 6) is 1.58. The third kappa shape index (κ3) is 4.72. The molecule has 1 amide bonds. The van der Waals surface area contributed by atoms with Gasteiger partial charge in [0.25, 0.3) is 5.56 Å². The van der Waals surface area contributed by atoms with Crippen LogP contribution in [0.25, 0.3) is 0 Å². The maximum absolute atomic E-state index is 13.2. The Morgan fingerprint density at radius 3 is 2.73 bits per heavy atom. The summed E-state index contributed by atoms with van der Waals surface area (Å²) in [6.07, 6.45) is 0.146. The number of methoxy groups -OCH3 is 1. The van der Waals surface area contributed by atoms with Crippen LogP contribution in [0.5, 0.6) is 11.5 Å². The summed E-state index contributed by atoms with van der Waals surface area (Å²) in [7, 11) is 3.36. The summed E-state index contributed by atoms with van der Waals surface area (Å²) in [4.78, 5) is 30.1. The van der Waals surface area contributed by atoms with Gasteiger partial charge in [-0.05, 0) is 36.2 Å². The fraction of sp³-hybridized carbons (Fsp3) is 0.292. The van der Waals surface area contributed by atoms with E-state index in [4.69, 9.17) is 21.1 Å². The first-order chi connectivity index (χ1) is 15.9. The fourth-order valence-electron chi connectivity index (χ4n) is 3.88. The van der Waals surface area contributed by atoms with Gasteiger partial charge in [0.2, 0.25) is 5.91 Å². The van der Waals surface area contributed by atoms with Crippen molar-refractivity contribution in [2.75, 3.05) is 19.0 Å². The lowest BCUT2D eigenvalue weighted by atomic mass is 9.86. The minimum Gasteiger partial charge on any atom is -0.493 e. The smallest absolute Gasteiger partial charge is 0.279 e.